The Morgan fingerprint density at radius 3 is 2.59 bits per heavy atom. The molecule has 0 radical (unpaired) electrons. The van der Waals surface area contributed by atoms with Crippen molar-refractivity contribution in [1.29, 1.82) is 0 Å². The van der Waals surface area contributed by atoms with E-state index in [1.54, 1.807) is 18.2 Å². The number of anilines is 2. The fourth-order valence-electron chi connectivity index (χ4n) is 2.14. The Hall–Kier alpha value is -1.71. The first-order valence-corrected chi connectivity index (χ1v) is 7.78. The van der Waals surface area contributed by atoms with Crippen LogP contribution in [0.15, 0.2) is 36.4 Å². The summed E-state index contributed by atoms with van der Waals surface area (Å²) in [7, 11) is 0. The van der Waals surface area contributed by atoms with Gasteiger partial charge in [-0.1, -0.05) is 47.0 Å². The van der Waals surface area contributed by atoms with Crippen LogP contribution in [0, 0.1) is 13.8 Å². The zero-order chi connectivity index (χ0) is 16.1. The predicted octanol–water partition coefficient (Wildman–Crippen LogP) is 5.05. The summed E-state index contributed by atoms with van der Waals surface area (Å²) in [6.07, 6.45) is 0.343. The van der Waals surface area contributed by atoms with Gasteiger partial charge >= 0.3 is 0 Å². The molecule has 0 atom stereocenters. The molecule has 2 N–H and O–H groups in total. The van der Waals surface area contributed by atoms with Gasteiger partial charge in [-0.15, -0.1) is 0 Å². The van der Waals surface area contributed by atoms with Crippen molar-refractivity contribution in [3.8, 4) is 0 Å². The highest BCUT2D eigenvalue weighted by Crippen LogP contribution is 2.29. The number of carbonyl (C=O) groups excluding carboxylic acids is 1. The first-order chi connectivity index (χ1) is 10.5. The highest BCUT2D eigenvalue weighted by atomic mass is 35.5. The highest BCUT2D eigenvalue weighted by Gasteiger charge is 2.08. The van der Waals surface area contributed by atoms with Gasteiger partial charge in [0.15, 0.2) is 0 Å². The van der Waals surface area contributed by atoms with Gasteiger partial charge in [0.25, 0.3) is 0 Å². The molecule has 1 amide bonds. The maximum absolute atomic E-state index is 12.0. The number of rotatable bonds is 5. The molecule has 0 saturated heterocycles. The van der Waals surface area contributed by atoms with Crippen molar-refractivity contribution in [2.45, 2.75) is 20.3 Å². The first kappa shape index (κ1) is 16.7. The minimum absolute atomic E-state index is 0.110. The van der Waals surface area contributed by atoms with E-state index in [1.807, 2.05) is 19.1 Å². The van der Waals surface area contributed by atoms with E-state index in [0.29, 0.717) is 28.7 Å². The molecule has 0 aliphatic heterocycles. The molecular formula is C17H18Cl2N2O. The van der Waals surface area contributed by atoms with Crippen molar-refractivity contribution in [3.05, 3.63) is 57.6 Å². The molecule has 0 aliphatic rings. The number of benzene rings is 2. The van der Waals surface area contributed by atoms with Gasteiger partial charge in [0.1, 0.15) is 0 Å². The molecule has 0 heterocycles. The van der Waals surface area contributed by atoms with Crippen LogP contribution >= 0.6 is 23.2 Å². The molecule has 5 heteroatoms. The molecule has 3 nitrogen and oxygen atoms in total. The van der Waals surface area contributed by atoms with E-state index in [9.17, 15) is 4.79 Å². The maximum atomic E-state index is 12.0. The summed E-state index contributed by atoms with van der Waals surface area (Å²) in [6.45, 7) is 4.65. The SMILES string of the molecule is Cc1ccc(NCCC(=O)Nc2cccc(Cl)c2Cl)c(C)c1. The maximum Gasteiger partial charge on any atom is 0.226 e. The Balaban J connectivity index is 1.87. The van der Waals surface area contributed by atoms with E-state index in [2.05, 4.69) is 23.6 Å². The van der Waals surface area contributed by atoms with E-state index in [4.69, 9.17) is 23.2 Å². The molecule has 0 fully saturated rings. The van der Waals surface area contributed by atoms with Crippen molar-refractivity contribution in [2.75, 3.05) is 17.2 Å². The van der Waals surface area contributed by atoms with Gasteiger partial charge in [-0.05, 0) is 37.6 Å². The van der Waals surface area contributed by atoms with Crippen LogP contribution in [-0.4, -0.2) is 12.5 Å². The van der Waals surface area contributed by atoms with E-state index in [1.165, 1.54) is 11.1 Å². The van der Waals surface area contributed by atoms with Crippen LogP contribution in [0.2, 0.25) is 10.0 Å². The molecule has 2 aromatic rings. The third kappa shape index (κ3) is 4.39. The minimum Gasteiger partial charge on any atom is -0.384 e. The number of hydrogen-bond donors (Lipinski definition) is 2. The van der Waals surface area contributed by atoms with Crippen molar-refractivity contribution >= 4 is 40.5 Å². The van der Waals surface area contributed by atoms with E-state index in [0.717, 1.165) is 5.69 Å². The Morgan fingerprint density at radius 1 is 1.09 bits per heavy atom. The molecule has 2 aromatic carbocycles. The summed E-state index contributed by atoms with van der Waals surface area (Å²) in [6, 6.07) is 11.3. The van der Waals surface area contributed by atoms with Gasteiger partial charge in [0.05, 0.1) is 15.7 Å². The average molecular weight is 337 g/mol. The predicted molar refractivity (Wildman–Crippen MR) is 94.1 cm³/mol. The largest absolute Gasteiger partial charge is 0.384 e. The summed E-state index contributed by atoms with van der Waals surface area (Å²) in [5.41, 5.74) is 3.96. The van der Waals surface area contributed by atoms with Crippen LogP contribution in [0.1, 0.15) is 17.5 Å². The normalized spacial score (nSPS) is 10.4. The molecule has 0 bridgehead atoms. The smallest absolute Gasteiger partial charge is 0.226 e. The number of carbonyl (C=O) groups is 1. The summed E-state index contributed by atoms with van der Waals surface area (Å²) >= 11 is 12.0. The Morgan fingerprint density at radius 2 is 1.86 bits per heavy atom. The molecule has 116 valence electrons. The Labute approximate surface area is 140 Å². The second-order valence-corrected chi connectivity index (χ2v) is 5.93. The number of aryl methyl sites for hydroxylation is 2. The first-order valence-electron chi connectivity index (χ1n) is 7.02. The second-order valence-electron chi connectivity index (χ2n) is 5.14. The van der Waals surface area contributed by atoms with Crippen LogP contribution in [0.5, 0.6) is 0 Å². The van der Waals surface area contributed by atoms with Gasteiger partial charge in [-0.2, -0.15) is 0 Å². The standard InChI is InChI=1S/C17H18Cl2N2O/c1-11-6-7-14(12(2)10-11)20-9-8-16(22)21-15-5-3-4-13(18)17(15)19/h3-7,10,20H,8-9H2,1-2H3,(H,21,22). The summed E-state index contributed by atoms with van der Waals surface area (Å²) in [4.78, 5) is 12.0. The lowest BCUT2D eigenvalue weighted by molar-refractivity contribution is -0.115. The van der Waals surface area contributed by atoms with Crippen LogP contribution < -0.4 is 10.6 Å². The Kier molecular flexibility index (Phi) is 5.69. The zero-order valence-corrected chi connectivity index (χ0v) is 14.1. The molecule has 0 saturated carbocycles. The number of halogens is 2. The fourth-order valence-corrected chi connectivity index (χ4v) is 2.48. The van der Waals surface area contributed by atoms with Crippen molar-refractivity contribution in [2.24, 2.45) is 0 Å². The third-order valence-corrected chi connectivity index (χ3v) is 4.09. The fraction of sp³-hybridized carbons (Fsp3) is 0.235. The van der Waals surface area contributed by atoms with Gasteiger partial charge < -0.3 is 10.6 Å². The van der Waals surface area contributed by atoms with Crippen molar-refractivity contribution in [3.63, 3.8) is 0 Å². The Bertz CT molecular complexity index is 686. The van der Waals surface area contributed by atoms with Gasteiger partial charge in [0, 0.05) is 18.7 Å². The molecule has 22 heavy (non-hydrogen) atoms. The van der Waals surface area contributed by atoms with Gasteiger partial charge in [-0.3, -0.25) is 4.79 Å². The molecular weight excluding hydrogens is 319 g/mol. The van der Waals surface area contributed by atoms with Crippen LogP contribution in [0.4, 0.5) is 11.4 Å². The zero-order valence-electron chi connectivity index (χ0n) is 12.5. The van der Waals surface area contributed by atoms with E-state index >= 15 is 0 Å². The van der Waals surface area contributed by atoms with Crippen molar-refractivity contribution in [1.82, 2.24) is 0 Å². The molecule has 0 spiro atoms. The van der Waals surface area contributed by atoms with Crippen molar-refractivity contribution < 1.29 is 4.79 Å². The average Bonchev–Trinajstić information content (AvgIpc) is 2.46. The minimum atomic E-state index is -0.110. The molecule has 0 aromatic heterocycles. The van der Waals surface area contributed by atoms with Crippen LogP contribution in [0.3, 0.4) is 0 Å². The topological polar surface area (TPSA) is 41.1 Å². The highest BCUT2D eigenvalue weighted by molar-refractivity contribution is 6.43. The summed E-state index contributed by atoms with van der Waals surface area (Å²) in [5, 5.41) is 6.81. The summed E-state index contributed by atoms with van der Waals surface area (Å²) < 4.78 is 0. The van der Waals surface area contributed by atoms with E-state index in [-0.39, 0.29) is 5.91 Å². The molecule has 2 rings (SSSR count). The number of nitrogens with one attached hydrogen (secondary N) is 2. The molecule has 0 unspecified atom stereocenters. The molecule has 0 aliphatic carbocycles. The van der Waals surface area contributed by atoms with Crippen LogP contribution in [-0.2, 0) is 4.79 Å². The lowest BCUT2D eigenvalue weighted by Crippen LogP contribution is -2.16. The lowest BCUT2D eigenvalue weighted by Gasteiger charge is -2.11. The van der Waals surface area contributed by atoms with E-state index < -0.39 is 0 Å². The van der Waals surface area contributed by atoms with Crippen LogP contribution in [0.25, 0.3) is 0 Å². The second kappa shape index (κ2) is 7.52. The number of hydrogen-bond acceptors (Lipinski definition) is 2. The summed E-state index contributed by atoms with van der Waals surface area (Å²) in [5.74, 6) is -0.110. The third-order valence-electron chi connectivity index (χ3n) is 3.28. The monoisotopic (exact) mass is 336 g/mol. The quantitative estimate of drug-likeness (QED) is 0.801. The number of amides is 1. The van der Waals surface area contributed by atoms with Gasteiger partial charge in [0.2, 0.25) is 5.91 Å². The lowest BCUT2D eigenvalue weighted by atomic mass is 10.1. The van der Waals surface area contributed by atoms with Gasteiger partial charge in [-0.25, -0.2) is 0 Å².